The quantitative estimate of drug-likeness (QED) is 0.573. The number of alkyl halides is 3. The average molecular weight is 489 g/mol. The largest absolute Gasteiger partial charge is 0.433 e. The molecular weight excluding hydrogens is 463 g/mol. The molecule has 1 saturated heterocycles. The first-order valence-electron chi connectivity index (χ1n) is 11.2. The highest BCUT2D eigenvalue weighted by molar-refractivity contribution is 5.94. The van der Waals surface area contributed by atoms with Gasteiger partial charge in [0.15, 0.2) is 11.3 Å². The molecule has 2 N–H and O–H groups in total. The number of ether oxygens (including phenoxy) is 1. The van der Waals surface area contributed by atoms with Gasteiger partial charge in [-0.1, -0.05) is 0 Å². The zero-order valence-corrected chi connectivity index (χ0v) is 19.7. The first kappa shape index (κ1) is 24.6. The lowest BCUT2D eigenvalue weighted by Gasteiger charge is -2.35. The van der Waals surface area contributed by atoms with Crippen LogP contribution in [-0.4, -0.2) is 51.1 Å². The van der Waals surface area contributed by atoms with Gasteiger partial charge in [0, 0.05) is 29.9 Å². The molecule has 0 spiro atoms. The summed E-state index contributed by atoms with van der Waals surface area (Å²) in [4.78, 5) is 37.0. The summed E-state index contributed by atoms with van der Waals surface area (Å²) in [6.45, 7) is 7.82. The molecule has 2 aromatic heterocycles. The van der Waals surface area contributed by atoms with Crippen LogP contribution in [0.4, 0.5) is 18.9 Å². The Morgan fingerprint density at radius 3 is 2.40 bits per heavy atom. The third kappa shape index (κ3) is 5.29. The molecule has 3 unspecified atom stereocenters. The van der Waals surface area contributed by atoms with E-state index in [0.29, 0.717) is 24.3 Å². The first-order chi connectivity index (χ1) is 16.4. The summed E-state index contributed by atoms with van der Waals surface area (Å²) in [5, 5.41) is 2.98. The lowest BCUT2D eigenvalue weighted by molar-refractivity contribution is -0.141. The van der Waals surface area contributed by atoms with Crippen molar-refractivity contribution in [2.45, 2.75) is 52.1 Å². The molecule has 3 aromatic rings. The molecule has 1 aromatic carbocycles. The molecule has 0 radical (unpaired) electrons. The van der Waals surface area contributed by atoms with Crippen molar-refractivity contribution in [1.29, 1.82) is 0 Å². The third-order valence-electron chi connectivity index (χ3n) is 5.80. The number of aromatic amines is 1. The van der Waals surface area contributed by atoms with Gasteiger partial charge in [0.05, 0.1) is 23.6 Å². The fraction of sp³-hybridized carbons (Fsp3) is 0.417. The van der Waals surface area contributed by atoms with Crippen molar-refractivity contribution in [3.63, 3.8) is 0 Å². The Labute approximate surface area is 199 Å². The molecule has 0 aliphatic carbocycles. The number of nitrogens with zero attached hydrogens (tertiary/aromatic N) is 3. The number of H-pyrrole nitrogens is 1. The van der Waals surface area contributed by atoms with Gasteiger partial charge in [0.25, 0.3) is 11.5 Å². The van der Waals surface area contributed by atoms with Crippen molar-refractivity contribution in [2.75, 3.05) is 18.4 Å². The predicted molar refractivity (Wildman–Crippen MR) is 124 cm³/mol. The Hall–Kier alpha value is -3.47. The molecule has 1 amide bonds. The number of aromatic nitrogens is 3. The van der Waals surface area contributed by atoms with Crippen molar-refractivity contribution in [3.8, 4) is 0 Å². The summed E-state index contributed by atoms with van der Waals surface area (Å²) in [6, 6.07) is 6.86. The van der Waals surface area contributed by atoms with Crippen LogP contribution in [-0.2, 0) is 10.9 Å². The number of rotatable bonds is 4. The minimum absolute atomic E-state index is 0.0258. The molecular formula is C24H26F3N5O3. The van der Waals surface area contributed by atoms with E-state index in [1.807, 2.05) is 13.8 Å². The molecule has 3 atom stereocenters. The van der Waals surface area contributed by atoms with Crippen LogP contribution in [0.3, 0.4) is 0 Å². The molecule has 1 fully saturated rings. The first-order valence-corrected chi connectivity index (χ1v) is 11.2. The van der Waals surface area contributed by atoms with Gasteiger partial charge in [-0.05, 0) is 58.0 Å². The third-order valence-corrected chi connectivity index (χ3v) is 5.80. The van der Waals surface area contributed by atoms with Crippen LogP contribution in [0.1, 0.15) is 54.3 Å². The Bertz CT molecular complexity index is 1300. The topological polar surface area (TPSA) is 100 Å². The summed E-state index contributed by atoms with van der Waals surface area (Å²) < 4.78 is 47.1. The van der Waals surface area contributed by atoms with E-state index in [4.69, 9.17) is 4.74 Å². The minimum Gasteiger partial charge on any atom is -0.378 e. The maximum atomic E-state index is 13.8. The van der Waals surface area contributed by atoms with Crippen molar-refractivity contribution < 1.29 is 22.7 Å². The fourth-order valence-electron chi connectivity index (χ4n) is 4.31. The molecule has 11 heteroatoms. The van der Waals surface area contributed by atoms with E-state index >= 15 is 0 Å². The van der Waals surface area contributed by atoms with Gasteiger partial charge in [0.1, 0.15) is 5.82 Å². The van der Waals surface area contributed by atoms with E-state index in [9.17, 15) is 22.8 Å². The van der Waals surface area contributed by atoms with Crippen LogP contribution in [0.15, 0.2) is 35.1 Å². The maximum absolute atomic E-state index is 13.8. The minimum atomic E-state index is -4.74. The van der Waals surface area contributed by atoms with Crippen LogP contribution in [0.2, 0.25) is 0 Å². The highest BCUT2D eigenvalue weighted by atomic mass is 19.4. The number of nitrogens with one attached hydrogen (secondary N) is 2. The van der Waals surface area contributed by atoms with E-state index in [0.717, 1.165) is 0 Å². The lowest BCUT2D eigenvalue weighted by atomic mass is 10.0. The van der Waals surface area contributed by atoms with Crippen LogP contribution < -0.4 is 10.9 Å². The number of amides is 1. The van der Waals surface area contributed by atoms with Crippen LogP contribution in [0.25, 0.3) is 11.0 Å². The van der Waals surface area contributed by atoms with Gasteiger partial charge in [0.2, 0.25) is 0 Å². The Morgan fingerprint density at radius 2 is 1.80 bits per heavy atom. The van der Waals surface area contributed by atoms with Gasteiger partial charge in [-0.25, -0.2) is 9.97 Å². The SMILES string of the molecule is Cc1nc2nc(C(F)(F)F)c(C(C)Nc3ccc(C(=O)N4CC(C)OC(C)C4)cc3)cc2c(=O)[nH]1. The number of halogens is 3. The molecule has 186 valence electrons. The Morgan fingerprint density at radius 1 is 1.17 bits per heavy atom. The smallest absolute Gasteiger partial charge is 0.378 e. The Kier molecular flexibility index (Phi) is 6.54. The van der Waals surface area contributed by atoms with Crippen LogP contribution >= 0.6 is 0 Å². The van der Waals surface area contributed by atoms with E-state index in [1.54, 1.807) is 36.1 Å². The molecule has 0 saturated carbocycles. The van der Waals surface area contributed by atoms with Gasteiger partial charge in [-0.15, -0.1) is 0 Å². The fourth-order valence-corrected chi connectivity index (χ4v) is 4.31. The summed E-state index contributed by atoms with van der Waals surface area (Å²) >= 11 is 0. The van der Waals surface area contributed by atoms with Crippen LogP contribution in [0.5, 0.6) is 0 Å². The number of fused-ring (bicyclic) bond motifs is 1. The molecule has 35 heavy (non-hydrogen) atoms. The number of aryl methyl sites for hydroxylation is 1. The number of benzene rings is 1. The zero-order chi connectivity index (χ0) is 25.5. The summed E-state index contributed by atoms with van der Waals surface area (Å²) in [6.07, 6.45) is -4.86. The van der Waals surface area contributed by atoms with Crippen molar-refractivity contribution in [3.05, 3.63) is 63.3 Å². The molecule has 3 heterocycles. The molecule has 1 aliphatic rings. The number of pyridine rings is 1. The highest BCUT2D eigenvalue weighted by Crippen LogP contribution is 2.35. The number of carbonyl (C=O) groups excluding carboxylic acids is 1. The van der Waals surface area contributed by atoms with Crippen molar-refractivity contribution in [2.24, 2.45) is 0 Å². The molecule has 0 bridgehead atoms. The number of morpholine rings is 1. The summed E-state index contributed by atoms with van der Waals surface area (Å²) in [7, 11) is 0. The molecule has 8 nitrogen and oxygen atoms in total. The second-order valence-electron chi connectivity index (χ2n) is 8.86. The van der Waals surface area contributed by atoms with Crippen molar-refractivity contribution in [1.82, 2.24) is 19.9 Å². The predicted octanol–water partition coefficient (Wildman–Crippen LogP) is 4.07. The van der Waals surface area contributed by atoms with Gasteiger partial charge < -0.3 is 19.9 Å². The van der Waals surface area contributed by atoms with E-state index in [-0.39, 0.29) is 40.5 Å². The standard InChI is InChI=1S/C24H26F3N5O3/c1-12-10-32(11-13(2)35-12)23(34)16-5-7-17(8-6-16)28-14(3)18-9-19-21(29-15(4)30-22(19)33)31-20(18)24(25,26)27/h5-9,12-14,28H,10-11H2,1-4H3,(H,29,30,31,33). The number of carbonyl (C=O) groups is 1. The lowest BCUT2D eigenvalue weighted by Crippen LogP contribution is -2.48. The number of hydrogen-bond acceptors (Lipinski definition) is 6. The summed E-state index contributed by atoms with van der Waals surface area (Å²) in [5.41, 5.74) is -1.12. The normalized spacial score (nSPS) is 19.6. The van der Waals surface area contributed by atoms with Gasteiger partial charge >= 0.3 is 6.18 Å². The average Bonchev–Trinajstić information content (AvgIpc) is 2.77. The second kappa shape index (κ2) is 9.29. The van der Waals surface area contributed by atoms with Gasteiger partial charge in [-0.2, -0.15) is 13.2 Å². The number of hydrogen-bond donors (Lipinski definition) is 2. The van der Waals surface area contributed by atoms with Crippen molar-refractivity contribution >= 4 is 22.6 Å². The molecule has 1 aliphatic heterocycles. The molecule has 4 rings (SSSR count). The highest BCUT2D eigenvalue weighted by Gasteiger charge is 2.37. The zero-order valence-electron chi connectivity index (χ0n) is 19.7. The van der Waals surface area contributed by atoms with Gasteiger partial charge in [-0.3, -0.25) is 9.59 Å². The van der Waals surface area contributed by atoms with E-state index < -0.39 is 23.5 Å². The van der Waals surface area contributed by atoms with Crippen LogP contribution in [0, 0.1) is 6.92 Å². The van der Waals surface area contributed by atoms with E-state index in [1.165, 1.54) is 13.0 Å². The summed E-state index contributed by atoms with van der Waals surface area (Å²) in [5.74, 6) is 0.0457. The Balaban J connectivity index is 1.59. The second-order valence-corrected chi connectivity index (χ2v) is 8.86. The number of anilines is 1. The van der Waals surface area contributed by atoms with E-state index in [2.05, 4.69) is 20.3 Å². The maximum Gasteiger partial charge on any atom is 0.433 e. The monoisotopic (exact) mass is 489 g/mol.